The van der Waals surface area contributed by atoms with Gasteiger partial charge in [0.1, 0.15) is 21.1 Å². The van der Waals surface area contributed by atoms with Gasteiger partial charge < -0.3 is 9.40 Å². The molecule has 0 spiro atoms. The van der Waals surface area contributed by atoms with Gasteiger partial charge in [-0.3, -0.25) is 14.2 Å². The van der Waals surface area contributed by atoms with Gasteiger partial charge in [0, 0.05) is 17.5 Å². The molecule has 1 atom stereocenters. The second-order valence-corrected chi connectivity index (χ2v) is 9.68. The van der Waals surface area contributed by atoms with Crippen LogP contribution in [0.3, 0.4) is 0 Å². The van der Waals surface area contributed by atoms with Crippen molar-refractivity contribution in [1.82, 2.24) is 19.5 Å². The average Bonchev–Trinajstić information content (AvgIpc) is 3.48. The molecule has 0 fully saturated rings. The SMILES string of the molecule is CCn1c(SC(C)c2nc3scc(-c4ccco4)c3c(=O)[nH]2)nc2ccsc2c1=O. The number of rotatable bonds is 5. The van der Waals surface area contributed by atoms with E-state index in [1.165, 1.54) is 34.4 Å². The summed E-state index contributed by atoms with van der Waals surface area (Å²) < 4.78 is 7.77. The lowest BCUT2D eigenvalue weighted by Gasteiger charge is -2.14. The molecule has 1 unspecified atom stereocenters. The van der Waals surface area contributed by atoms with Crippen LogP contribution in [0.1, 0.15) is 24.9 Å². The Bertz CT molecular complexity index is 1480. The molecule has 0 bridgehead atoms. The van der Waals surface area contributed by atoms with Crippen LogP contribution in [-0.2, 0) is 6.54 Å². The molecule has 5 rings (SSSR count). The van der Waals surface area contributed by atoms with Gasteiger partial charge in [0.25, 0.3) is 11.1 Å². The number of aromatic amines is 1. The maximum absolute atomic E-state index is 12.8. The van der Waals surface area contributed by atoms with E-state index in [1.807, 2.05) is 36.7 Å². The number of thioether (sulfide) groups is 1. The van der Waals surface area contributed by atoms with Gasteiger partial charge in [-0.2, -0.15) is 0 Å². The van der Waals surface area contributed by atoms with Crippen molar-refractivity contribution < 1.29 is 4.42 Å². The maximum Gasteiger partial charge on any atom is 0.272 e. The first-order valence-corrected chi connectivity index (χ1v) is 11.9. The van der Waals surface area contributed by atoms with Gasteiger partial charge in [-0.05, 0) is 37.4 Å². The molecule has 0 saturated heterocycles. The third-order valence-electron chi connectivity index (χ3n) is 4.76. The summed E-state index contributed by atoms with van der Waals surface area (Å²) in [4.78, 5) is 38.5. The largest absolute Gasteiger partial charge is 0.464 e. The number of thiophene rings is 2. The van der Waals surface area contributed by atoms with Gasteiger partial charge in [-0.1, -0.05) is 11.8 Å². The fourth-order valence-electron chi connectivity index (χ4n) is 3.28. The highest BCUT2D eigenvalue weighted by Gasteiger charge is 2.20. The number of fused-ring (bicyclic) bond motifs is 2. The lowest BCUT2D eigenvalue weighted by Crippen LogP contribution is -2.22. The standard InChI is InChI=1S/C20H16N4O3S3/c1-3-24-19(26)15-12(6-8-28-15)21-20(24)30-10(2)16-22-17(25)14-11(9-29-18(14)23-16)13-5-4-7-27-13/h4-10H,3H2,1-2H3,(H,22,23,25). The van der Waals surface area contributed by atoms with E-state index < -0.39 is 0 Å². The minimum Gasteiger partial charge on any atom is -0.464 e. The summed E-state index contributed by atoms with van der Waals surface area (Å²) in [7, 11) is 0. The highest BCUT2D eigenvalue weighted by atomic mass is 32.2. The molecule has 0 aromatic carbocycles. The minimum absolute atomic E-state index is 0.0366. The molecule has 10 heteroatoms. The molecule has 1 N–H and O–H groups in total. The summed E-state index contributed by atoms with van der Waals surface area (Å²) in [5.74, 6) is 1.19. The lowest BCUT2D eigenvalue weighted by atomic mass is 10.2. The predicted octanol–water partition coefficient (Wildman–Crippen LogP) is 4.89. The Hall–Kier alpha value is -2.69. The number of H-pyrrole nitrogens is 1. The van der Waals surface area contributed by atoms with E-state index >= 15 is 0 Å². The topological polar surface area (TPSA) is 93.8 Å². The predicted molar refractivity (Wildman–Crippen MR) is 122 cm³/mol. The van der Waals surface area contributed by atoms with Gasteiger partial charge in [0.2, 0.25) is 0 Å². The van der Waals surface area contributed by atoms with E-state index in [9.17, 15) is 9.59 Å². The van der Waals surface area contributed by atoms with Crippen molar-refractivity contribution in [2.24, 2.45) is 0 Å². The van der Waals surface area contributed by atoms with E-state index in [1.54, 1.807) is 16.9 Å². The molecule has 5 aromatic rings. The molecule has 0 aliphatic carbocycles. The zero-order valence-corrected chi connectivity index (χ0v) is 18.5. The van der Waals surface area contributed by atoms with Gasteiger partial charge >= 0.3 is 0 Å². The fourth-order valence-corrected chi connectivity index (χ4v) is 6.02. The van der Waals surface area contributed by atoms with Crippen LogP contribution >= 0.6 is 34.4 Å². The second-order valence-electron chi connectivity index (χ2n) is 6.60. The summed E-state index contributed by atoms with van der Waals surface area (Å²) in [6.45, 7) is 4.39. The quantitative estimate of drug-likeness (QED) is 0.299. The summed E-state index contributed by atoms with van der Waals surface area (Å²) in [5.41, 5.74) is 1.20. The number of furan rings is 1. The zero-order valence-electron chi connectivity index (χ0n) is 16.0. The van der Waals surface area contributed by atoms with Crippen LogP contribution in [0.5, 0.6) is 0 Å². The number of aromatic nitrogens is 4. The first kappa shape index (κ1) is 19.3. The molecule has 0 saturated carbocycles. The van der Waals surface area contributed by atoms with Crippen LogP contribution in [0.15, 0.2) is 54.4 Å². The van der Waals surface area contributed by atoms with E-state index in [-0.39, 0.29) is 16.4 Å². The van der Waals surface area contributed by atoms with Crippen LogP contribution in [0.25, 0.3) is 31.8 Å². The Morgan fingerprint density at radius 2 is 2.13 bits per heavy atom. The molecule has 152 valence electrons. The number of nitrogens with zero attached hydrogens (tertiary/aromatic N) is 3. The van der Waals surface area contributed by atoms with Gasteiger partial charge in [0.15, 0.2) is 5.16 Å². The van der Waals surface area contributed by atoms with E-state index in [0.29, 0.717) is 43.7 Å². The van der Waals surface area contributed by atoms with Crippen molar-refractivity contribution in [3.8, 4) is 11.3 Å². The molecule has 30 heavy (non-hydrogen) atoms. The molecule has 0 aliphatic heterocycles. The third kappa shape index (κ3) is 3.11. The normalized spacial score (nSPS) is 12.7. The highest BCUT2D eigenvalue weighted by molar-refractivity contribution is 7.99. The summed E-state index contributed by atoms with van der Waals surface area (Å²) in [6.07, 6.45) is 1.58. The minimum atomic E-state index is -0.204. The smallest absolute Gasteiger partial charge is 0.272 e. The molecule has 0 radical (unpaired) electrons. The second kappa shape index (κ2) is 7.53. The van der Waals surface area contributed by atoms with Crippen LogP contribution in [0.2, 0.25) is 0 Å². The maximum atomic E-state index is 12.8. The van der Waals surface area contributed by atoms with Crippen LogP contribution in [-0.4, -0.2) is 19.5 Å². The third-order valence-corrected chi connectivity index (χ3v) is 7.63. The fraction of sp³-hybridized carbons (Fsp3) is 0.200. The van der Waals surface area contributed by atoms with Crippen molar-refractivity contribution >= 4 is 54.9 Å². The molecule has 5 heterocycles. The monoisotopic (exact) mass is 456 g/mol. The van der Waals surface area contributed by atoms with Crippen molar-refractivity contribution in [2.45, 2.75) is 30.8 Å². The van der Waals surface area contributed by atoms with E-state index in [0.717, 1.165) is 5.56 Å². The lowest BCUT2D eigenvalue weighted by molar-refractivity contribution is 0.583. The van der Waals surface area contributed by atoms with Crippen LogP contribution in [0.4, 0.5) is 0 Å². The Morgan fingerprint density at radius 3 is 2.90 bits per heavy atom. The van der Waals surface area contributed by atoms with E-state index in [4.69, 9.17) is 4.42 Å². The molecule has 5 aromatic heterocycles. The first-order valence-electron chi connectivity index (χ1n) is 9.26. The summed E-state index contributed by atoms with van der Waals surface area (Å²) in [6, 6.07) is 5.46. The van der Waals surface area contributed by atoms with Gasteiger partial charge in [-0.25, -0.2) is 9.97 Å². The average molecular weight is 457 g/mol. The number of hydrogen-bond acceptors (Lipinski definition) is 8. The highest BCUT2D eigenvalue weighted by Crippen LogP contribution is 2.35. The molecular weight excluding hydrogens is 440 g/mol. The first-order chi connectivity index (χ1) is 14.6. The van der Waals surface area contributed by atoms with Crippen LogP contribution < -0.4 is 11.1 Å². The van der Waals surface area contributed by atoms with E-state index in [2.05, 4.69) is 15.0 Å². The molecule has 0 amide bonds. The van der Waals surface area contributed by atoms with Crippen molar-refractivity contribution in [1.29, 1.82) is 0 Å². The Balaban J connectivity index is 1.54. The zero-order chi connectivity index (χ0) is 20.8. The van der Waals surface area contributed by atoms with Crippen molar-refractivity contribution in [3.63, 3.8) is 0 Å². The van der Waals surface area contributed by atoms with Gasteiger partial charge in [0.05, 0.1) is 22.4 Å². The number of nitrogens with one attached hydrogen (secondary N) is 1. The van der Waals surface area contributed by atoms with Crippen molar-refractivity contribution in [2.75, 3.05) is 0 Å². The summed E-state index contributed by atoms with van der Waals surface area (Å²) >= 11 is 4.22. The Morgan fingerprint density at radius 1 is 1.27 bits per heavy atom. The number of hydrogen-bond donors (Lipinski definition) is 1. The molecule has 0 aliphatic rings. The van der Waals surface area contributed by atoms with Crippen molar-refractivity contribution in [3.05, 3.63) is 61.8 Å². The Labute approximate surface area is 182 Å². The van der Waals surface area contributed by atoms with Crippen LogP contribution in [0, 0.1) is 0 Å². The summed E-state index contributed by atoms with van der Waals surface area (Å²) in [5, 5.41) is 4.70. The molecular formula is C20H16N4O3S3. The molecule has 7 nitrogen and oxygen atoms in total. The van der Waals surface area contributed by atoms with Gasteiger partial charge in [-0.15, -0.1) is 22.7 Å². The Kier molecular flexibility index (Phi) is 4.84.